The lowest BCUT2D eigenvalue weighted by Gasteiger charge is -2.27. The molecular weight excluding hydrogens is 544 g/mol. The van der Waals surface area contributed by atoms with E-state index >= 15 is 0 Å². The second-order valence-corrected chi connectivity index (χ2v) is 11.0. The van der Waals surface area contributed by atoms with Crippen LogP contribution in [-0.4, -0.2) is 54.8 Å². The standard InChI is InChI=1S/C32H30O10/c1-3-5-15-7-13-9-17-25(19(33)11-21(35)27(17)29(37)23(13)31(39)41-15)26-18-10-14-8-16(6-4-2)42-32(40)24(14)30(38)28(18)22(36)12-20(26)34/h9-12,15-16,33-38H,3-8H2,1-2H3/t15-,16-/m1/s1. The number of esters is 2. The van der Waals surface area contributed by atoms with Crippen molar-refractivity contribution >= 4 is 33.5 Å². The van der Waals surface area contributed by atoms with Crippen LogP contribution in [0.15, 0.2) is 24.3 Å². The number of phenols is 6. The number of carbonyl (C=O) groups is 2. The summed E-state index contributed by atoms with van der Waals surface area (Å²) in [6.45, 7) is 3.90. The lowest BCUT2D eigenvalue weighted by molar-refractivity contribution is 0.0222. The summed E-state index contributed by atoms with van der Waals surface area (Å²) in [6.07, 6.45) is 2.42. The normalized spacial score (nSPS) is 18.0. The molecule has 0 amide bonds. The zero-order chi connectivity index (χ0) is 30.0. The maximum Gasteiger partial charge on any atom is 0.342 e. The van der Waals surface area contributed by atoms with Gasteiger partial charge in [0.15, 0.2) is 0 Å². The zero-order valence-electron chi connectivity index (χ0n) is 23.0. The van der Waals surface area contributed by atoms with Gasteiger partial charge in [-0.2, -0.15) is 0 Å². The number of benzene rings is 4. The third kappa shape index (κ3) is 4.00. The lowest BCUT2D eigenvalue weighted by atomic mass is 9.85. The zero-order valence-corrected chi connectivity index (χ0v) is 23.0. The van der Waals surface area contributed by atoms with E-state index in [2.05, 4.69) is 0 Å². The van der Waals surface area contributed by atoms with E-state index in [4.69, 9.17) is 9.47 Å². The van der Waals surface area contributed by atoms with Gasteiger partial charge in [0.05, 0.1) is 10.8 Å². The number of cyclic esters (lactones) is 2. The molecule has 2 atom stereocenters. The molecule has 10 nitrogen and oxygen atoms in total. The maximum atomic E-state index is 12.9. The van der Waals surface area contributed by atoms with Crippen molar-refractivity contribution in [1.82, 2.24) is 0 Å². The molecule has 6 rings (SSSR count). The number of hydrogen-bond acceptors (Lipinski definition) is 10. The smallest absolute Gasteiger partial charge is 0.342 e. The summed E-state index contributed by atoms with van der Waals surface area (Å²) in [5.74, 6) is -4.48. The average molecular weight is 575 g/mol. The van der Waals surface area contributed by atoms with Gasteiger partial charge >= 0.3 is 11.9 Å². The molecule has 0 unspecified atom stereocenters. The van der Waals surface area contributed by atoms with Crippen molar-refractivity contribution in [3.63, 3.8) is 0 Å². The number of phenolic OH excluding ortho intramolecular Hbond substituents is 6. The number of ether oxygens (including phenoxy) is 2. The second-order valence-electron chi connectivity index (χ2n) is 11.0. The van der Waals surface area contributed by atoms with Crippen LogP contribution in [0.25, 0.3) is 32.7 Å². The highest BCUT2D eigenvalue weighted by Gasteiger charge is 2.35. The summed E-state index contributed by atoms with van der Waals surface area (Å²) in [5, 5.41) is 66.4. The van der Waals surface area contributed by atoms with Crippen molar-refractivity contribution in [3.8, 4) is 45.6 Å². The minimum atomic E-state index is -0.730. The van der Waals surface area contributed by atoms with Crippen LogP contribution in [0.1, 0.15) is 71.4 Å². The molecule has 4 aromatic carbocycles. The molecule has 6 N–H and O–H groups in total. The van der Waals surface area contributed by atoms with Crippen LogP contribution in [0, 0.1) is 0 Å². The van der Waals surface area contributed by atoms with Gasteiger partial charge in [-0.15, -0.1) is 0 Å². The summed E-state index contributed by atoms with van der Waals surface area (Å²) in [6, 6.07) is 5.08. The molecule has 2 aliphatic heterocycles. The van der Waals surface area contributed by atoms with Crippen LogP contribution in [0.5, 0.6) is 34.5 Å². The molecule has 0 saturated carbocycles. The highest BCUT2D eigenvalue weighted by atomic mass is 16.5. The second kappa shape index (κ2) is 9.90. The number of hydrogen-bond donors (Lipinski definition) is 6. The topological polar surface area (TPSA) is 174 Å². The highest BCUT2D eigenvalue weighted by molar-refractivity contribution is 6.18. The van der Waals surface area contributed by atoms with Crippen molar-refractivity contribution in [1.29, 1.82) is 0 Å². The molecule has 218 valence electrons. The minimum Gasteiger partial charge on any atom is -0.507 e. The molecule has 10 heteroatoms. The van der Waals surface area contributed by atoms with Crippen LogP contribution in [0.4, 0.5) is 0 Å². The molecule has 0 spiro atoms. The van der Waals surface area contributed by atoms with Crippen molar-refractivity contribution in [2.75, 3.05) is 0 Å². The van der Waals surface area contributed by atoms with E-state index in [0.717, 1.165) is 25.0 Å². The van der Waals surface area contributed by atoms with Crippen molar-refractivity contribution in [2.45, 2.75) is 64.6 Å². The summed E-state index contributed by atoms with van der Waals surface area (Å²) >= 11 is 0. The van der Waals surface area contributed by atoms with E-state index in [9.17, 15) is 40.2 Å². The first kappa shape index (κ1) is 27.3. The van der Waals surface area contributed by atoms with Gasteiger partial charge in [-0.1, -0.05) is 26.7 Å². The van der Waals surface area contributed by atoms with Crippen molar-refractivity contribution < 1.29 is 49.7 Å². The Labute approximate surface area is 240 Å². The van der Waals surface area contributed by atoms with E-state index in [1.54, 1.807) is 12.1 Å². The predicted molar refractivity (Wildman–Crippen MR) is 153 cm³/mol. The maximum absolute atomic E-state index is 12.9. The monoisotopic (exact) mass is 574 g/mol. The first-order valence-electron chi connectivity index (χ1n) is 13.9. The number of fused-ring (bicyclic) bond motifs is 4. The molecule has 0 aromatic heterocycles. The van der Waals surface area contributed by atoms with Crippen LogP contribution in [0.2, 0.25) is 0 Å². The number of aromatic hydroxyl groups is 6. The fraction of sp³-hybridized carbons (Fsp3) is 0.312. The highest BCUT2D eigenvalue weighted by Crippen LogP contribution is 2.54. The first-order chi connectivity index (χ1) is 20.0. The Hall–Kier alpha value is -4.86. The van der Waals surface area contributed by atoms with E-state index in [-0.39, 0.29) is 56.6 Å². The molecule has 2 aliphatic rings. The quantitative estimate of drug-likeness (QED) is 0.163. The van der Waals surface area contributed by atoms with E-state index in [1.165, 1.54) is 0 Å². The van der Waals surface area contributed by atoms with Gasteiger partial charge in [0, 0.05) is 46.9 Å². The number of carbonyl (C=O) groups excluding carboxylic acids is 2. The van der Waals surface area contributed by atoms with Gasteiger partial charge in [-0.25, -0.2) is 9.59 Å². The molecular formula is C32H30O10. The Kier molecular flexibility index (Phi) is 6.44. The van der Waals surface area contributed by atoms with Crippen molar-refractivity contribution in [2.24, 2.45) is 0 Å². The van der Waals surface area contributed by atoms with E-state index in [1.807, 2.05) is 13.8 Å². The lowest BCUT2D eigenvalue weighted by Crippen LogP contribution is -2.27. The Morgan fingerprint density at radius 1 is 0.595 bits per heavy atom. The summed E-state index contributed by atoms with van der Waals surface area (Å²) < 4.78 is 11.0. The van der Waals surface area contributed by atoms with E-state index < -0.39 is 58.6 Å². The van der Waals surface area contributed by atoms with Gasteiger partial charge in [-0.3, -0.25) is 0 Å². The van der Waals surface area contributed by atoms with Crippen molar-refractivity contribution in [3.05, 3.63) is 46.5 Å². The SMILES string of the molecule is CCC[C@@H]1Cc2cc3c(-c4c(O)cc(O)c5c(O)c6c(cc45)C[C@@H](CCC)OC6=O)c(O)cc(O)c3c(O)c2C(=O)O1. The van der Waals surface area contributed by atoms with Gasteiger partial charge in [0.2, 0.25) is 0 Å². The largest absolute Gasteiger partial charge is 0.507 e. The summed E-state index contributed by atoms with van der Waals surface area (Å²) in [5.41, 5.74) is 0.666. The molecule has 4 aromatic rings. The third-order valence-corrected chi connectivity index (χ3v) is 8.20. The fourth-order valence-corrected chi connectivity index (χ4v) is 6.45. The molecule has 0 aliphatic carbocycles. The van der Waals surface area contributed by atoms with Gasteiger partial charge < -0.3 is 40.1 Å². The predicted octanol–water partition coefficient (Wildman–Crippen LogP) is 5.66. The van der Waals surface area contributed by atoms with E-state index in [0.29, 0.717) is 24.0 Å². The average Bonchev–Trinajstić information content (AvgIpc) is 2.89. The van der Waals surface area contributed by atoms with Gasteiger partial charge in [0.1, 0.15) is 57.8 Å². The Bertz CT molecular complexity index is 1690. The Morgan fingerprint density at radius 2 is 0.976 bits per heavy atom. The Morgan fingerprint density at radius 3 is 1.33 bits per heavy atom. The molecule has 2 heterocycles. The third-order valence-electron chi connectivity index (χ3n) is 8.20. The Balaban J connectivity index is 1.69. The molecule has 0 fully saturated rings. The molecule has 42 heavy (non-hydrogen) atoms. The molecule has 0 radical (unpaired) electrons. The van der Waals surface area contributed by atoms with Gasteiger partial charge in [0.25, 0.3) is 0 Å². The van der Waals surface area contributed by atoms with Crippen LogP contribution in [-0.2, 0) is 22.3 Å². The van der Waals surface area contributed by atoms with Gasteiger partial charge in [-0.05, 0) is 36.1 Å². The number of rotatable bonds is 5. The fourth-order valence-electron chi connectivity index (χ4n) is 6.45. The summed E-state index contributed by atoms with van der Waals surface area (Å²) in [4.78, 5) is 25.7. The minimum absolute atomic E-state index is 0.0165. The van der Waals surface area contributed by atoms with Crippen LogP contribution < -0.4 is 0 Å². The van der Waals surface area contributed by atoms with Crippen LogP contribution >= 0.6 is 0 Å². The molecule has 0 bridgehead atoms. The first-order valence-corrected chi connectivity index (χ1v) is 13.9. The van der Waals surface area contributed by atoms with Crippen LogP contribution in [0.3, 0.4) is 0 Å². The molecule has 0 saturated heterocycles. The summed E-state index contributed by atoms with van der Waals surface area (Å²) in [7, 11) is 0.